The number of nitrogens with one attached hydrogen (secondary N) is 2. The number of rotatable bonds is 6. The summed E-state index contributed by atoms with van der Waals surface area (Å²) in [5.74, 6) is 0.305. The molecule has 92 valence electrons. The molecule has 1 aromatic rings. The van der Waals surface area contributed by atoms with Gasteiger partial charge in [0.15, 0.2) is 0 Å². The Morgan fingerprint density at radius 2 is 2.00 bits per heavy atom. The van der Waals surface area contributed by atoms with Gasteiger partial charge in [-0.15, -0.1) is 0 Å². The first kappa shape index (κ1) is 11.9. The van der Waals surface area contributed by atoms with Crippen molar-refractivity contribution >= 4 is 5.91 Å². The van der Waals surface area contributed by atoms with E-state index < -0.39 is 0 Å². The Morgan fingerprint density at radius 1 is 1.29 bits per heavy atom. The SMILES string of the molecule is O=C(CCNC1CC1)NCc1ccc(O)cc1. The molecule has 1 aromatic carbocycles. The molecular formula is C13H18N2O2. The third-order valence-electron chi connectivity index (χ3n) is 2.79. The Bertz CT molecular complexity index is 372. The van der Waals surface area contributed by atoms with Crippen LogP contribution in [0.3, 0.4) is 0 Å². The van der Waals surface area contributed by atoms with E-state index in [9.17, 15) is 4.79 Å². The normalized spacial score (nSPS) is 14.6. The number of aromatic hydroxyl groups is 1. The highest BCUT2D eigenvalue weighted by atomic mass is 16.3. The van der Waals surface area contributed by atoms with Crippen LogP contribution in [0.2, 0.25) is 0 Å². The molecule has 0 spiro atoms. The molecule has 0 saturated heterocycles. The smallest absolute Gasteiger partial charge is 0.221 e. The summed E-state index contributed by atoms with van der Waals surface area (Å²) < 4.78 is 0. The van der Waals surface area contributed by atoms with Gasteiger partial charge in [0.2, 0.25) is 5.91 Å². The lowest BCUT2D eigenvalue weighted by molar-refractivity contribution is -0.121. The third-order valence-corrected chi connectivity index (χ3v) is 2.79. The quantitative estimate of drug-likeness (QED) is 0.692. The average Bonchev–Trinajstić information content (AvgIpc) is 3.12. The lowest BCUT2D eigenvalue weighted by Gasteiger charge is -2.06. The van der Waals surface area contributed by atoms with Crippen LogP contribution in [0, 0.1) is 0 Å². The third kappa shape index (κ3) is 4.44. The van der Waals surface area contributed by atoms with E-state index >= 15 is 0 Å². The summed E-state index contributed by atoms with van der Waals surface area (Å²) in [6.45, 7) is 1.27. The van der Waals surface area contributed by atoms with Gasteiger partial charge in [0, 0.05) is 25.6 Å². The highest BCUT2D eigenvalue weighted by molar-refractivity contribution is 5.76. The second-order valence-corrected chi connectivity index (χ2v) is 4.42. The second-order valence-electron chi connectivity index (χ2n) is 4.42. The first-order valence-electron chi connectivity index (χ1n) is 6.02. The molecule has 3 N–H and O–H groups in total. The van der Waals surface area contributed by atoms with Crippen molar-refractivity contribution in [1.29, 1.82) is 0 Å². The van der Waals surface area contributed by atoms with Crippen LogP contribution in [0.5, 0.6) is 5.75 Å². The number of hydrogen-bond acceptors (Lipinski definition) is 3. The minimum Gasteiger partial charge on any atom is -0.508 e. The Hall–Kier alpha value is -1.55. The van der Waals surface area contributed by atoms with Gasteiger partial charge in [-0.05, 0) is 30.5 Å². The summed E-state index contributed by atoms with van der Waals surface area (Å²) in [7, 11) is 0. The van der Waals surface area contributed by atoms with E-state index in [0.717, 1.165) is 12.1 Å². The molecule has 17 heavy (non-hydrogen) atoms. The molecule has 1 aliphatic carbocycles. The molecule has 4 nitrogen and oxygen atoms in total. The number of phenols is 1. The van der Waals surface area contributed by atoms with E-state index in [0.29, 0.717) is 19.0 Å². The van der Waals surface area contributed by atoms with Gasteiger partial charge in [0.1, 0.15) is 5.75 Å². The molecule has 0 aromatic heterocycles. The summed E-state index contributed by atoms with van der Waals surface area (Å²) in [6, 6.07) is 7.50. The Kier molecular flexibility index (Phi) is 3.98. The lowest BCUT2D eigenvalue weighted by atomic mass is 10.2. The lowest BCUT2D eigenvalue weighted by Crippen LogP contribution is -2.28. The Labute approximate surface area is 101 Å². The van der Waals surface area contributed by atoms with Crippen LogP contribution in [0.25, 0.3) is 0 Å². The van der Waals surface area contributed by atoms with Crippen molar-refractivity contribution in [1.82, 2.24) is 10.6 Å². The average molecular weight is 234 g/mol. The molecule has 1 saturated carbocycles. The van der Waals surface area contributed by atoms with Crippen LogP contribution in [0.1, 0.15) is 24.8 Å². The molecule has 0 unspecified atom stereocenters. The fourth-order valence-electron chi connectivity index (χ4n) is 1.58. The van der Waals surface area contributed by atoms with Gasteiger partial charge in [0.05, 0.1) is 0 Å². The minimum atomic E-state index is 0.0613. The van der Waals surface area contributed by atoms with E-state index in [2.05, 4.69) is 10.6 Å². The number of phenolic OH excluding ortho intramolecular Hbond substituents is 1. The fourth-order valence-corrected chi connectivity index (χ4v) is 1.58. The molecule has 1 aliphatic rings. The van der Waals surface area contributed by atoms with Gasteiger partial charge in [-0.2, -0.15) is 0 Å². The predicted molar refractivity (Wildman–Crippen MR) is 65.6 cm³/mol. The van der Waals surface area contributed by atoms with E-state index in [1.54, 1.807) is 24.3 Å². The number of carbonyl (C=O) groups is 1. The van der Waals surface area contributed by atoms with Crippen LogP contribution >= 0.6 is 0 Å². The standard InChI is InChI=1S/C13H18N2O2/c16-12-5-1-10(2-6-12)9-15-13(17)7-8-14-11-3-4-11/h1-2,5-6,11,14,16H,3-4,7-9H2,(H,15,17). The second kappa shape index (κ2) is 5.68. The van der Waals surface area contributed by atoms with Crippen LogP contribution in [0.4, 0.5) is 0 Å². The maximum atomic E-state index is 11.5. The predicted octanol–water partition coefficient (Wildman–Crippen LogP) is 1.15. The highest BCUT2D eigenvalue weighted by Gasteiger charge is 2.19. The largest absolute Gasteiger partial charge is 0.508 e. The van der Waals surface area contributed by atoms with Crippen molar-refractivity contribution in [3.05, 3.63) is 29.8 Å². The molecule has 4 heteroatoms. The Balaban J connectivity index is 1.62. The fraction of sp³-hybridized carbons (Fsp3) is 0.462. The van der Waals surface area contributed by atoms with E-state index in [-0.39, 0.29) is 11.7 Å². The van der Waals surface area contributed by atoms with Gasteiger partial charge in [-0.25, -0.2) is 0 Å². The monoisotopic (exact) mass is 234 g/mol. The molecule has 0 bridgehead atoms. The molecule has 1 amide bonds. The summed E-state index contributed by atoms with van der Waals surface area (Å²) in [6.07, 6.45) is 3.01. The molecule has 0 radical (unpaired) electrons. The van der Waals surface area contributed by atoms with Crippen molar-refractivity contribution in [2.45, 2.75) is 31.8 Å². The van der Waals surface area contributed by atoms with Crippen LogP contribution < -0.4 is 10.6 Å². The molecule has 0 atom stereocenters. The zero-order chi connectivity index (χ0) is 12.1. The molecular weight excluding hydrogens is 216 g/mol. The van der Waals surface area contributed by atoms with E-state index in [4.69, 9.17) is 5.11 Å². The summed E-state index contributed by atoms with van der Waals surface area (Å²) in [4.78, 5) is 11.5. The van der Waals surface area contributed by atoms with Crippen LogP contribution in [-0.2, 0) is 11.3 Å². The molecule has 1 fully saturated rings. The van der Waals surface area contributed by atoms with E-state index in [1.165, 1.54) is 12.8 Å². The van der Waals surface area contributed by atoms with Crippen molar-refractivity contribution < 1.29 is 9.90 Å². The first-order valence-corrected chi connectivity index (χ1v) is 6.02. The number of amides is 1. The van der Waals surface area contributed by atoms with Crippen molar-refractivity contribution in [3.8, 4) is 5.75 Å². The summed E-state index contributed by atoms with van der Waals surface area (Å²) >= 11 is 0. The molecule has 0 aliphatic heterocycles. The van der Waals surface area contributed by atoms with Crippen LogP contribution in [0.15, 0.2) is 24.3 Å². The van der Waals surface area contributed by atoms with E-state index in [1.807, 2.05) is 0 Å². The Morgan fingerprint density at radius 3 is 2.65 bits per heavy atom. The van der Waals surface area contributed by atoms with Gasteiger partial charge < -0.3 is 15.7 Å². The van der Waals surface area contributed by atoms with Crippen LogP contribution in [-0.4, -0.2) is 23.6 Å². The maximum absolute atomic E-state index is 11.5. The molecule has 0 heterocycles. The van der Waals surface area contributed by atoms with Crippen molar-refractivity contribution in [2.24, 2.45) is 0 Å². The number of carbonyl (C=O) groups excluding carboxylic acids is 1. The van der Waals surface area contributed by atoms with Crippen molar-refractivity contribution in [2.75, 3.05) is 6.54 Å². The van der Waals surface area contributed by atoms with Gasteiger partial charge >= 0.3 is 0 Å². The van der Waals surface area contributed by atoms with Gasteiger partial charge in [-0.3, -0.25) is 4.79 Å². The number of hydrogen-bond donors (Lipinski definition) is 3. The first-order chi connectivity index (χ1) is 8.24. The van der Waals surface area contributed by atoms with Gasteiger partial charge in [0.25, 0.3) is 0 Å². The number of benzene rings is 1. The van der Waals surface area contributed by atoms with Crippen molar-refractivity contribution in [3.63, 3.8) is 0 Å². The minimum absolute atomic E-state index is 0.0613. The maximum Gasteiger partial charge on any atom is 0.221 e. The zero-order valence-electron chi connectivity index (χ0n) is 9.78. The summed E-state index contributed by atoms with van der Waals surface area (Å²) in [5, 5.41) is 15.3. The zero-order valence-corrected chi connectivity index (χ0v) is 9.78. The topological polar surface area (TPSA) is 61.4 Å². The molecule has 2 rings (SSSR count). The summed E-state index contributed by atoms with van der Waals surface area (Å²) in [5.41, 5.74) is 0.992. The van der Waals surface area contributed by atoms with Gasteiger partial charge in [-0.1, -0.05) is 12.1 Å². The highest BCUT2D eigenvalue weighted by Crippen LogP contribution is 2.18.